The Bertz CT molecular complexity index is 2540. The zero-order valence-electron chi connectivity index (χ0n) is 71.3. The van der Waals surface area contributed by atoms with Gasteiger partial charge in [-0.3, -0.25) is 28.2 Å². The lowest BCUT2D eigenvalue weighted by molar-refractivity contribution is -0.360. The van der Waals surface area contributed by atoms with E-state index in [-0.39, 0.29) is 25.7 Å². The maximum Gasteiger partial charge on any atom is 0.472 e. The van der Waals surface area contributed by atoms with Gasteiger partial charge in [-0.25, -0.2) is 4.57 Å². The molecule has 0 spiro atoms. The van der Waals surface area contributed by atoms with Gasteiger partial charge in [0.2, 0.25) is 0 Å². The maximum atomic E-state index is 14.9. The number of carbonyl (C=O) groups is 4. The summed E-state index contributed by atoms with van der Waals surface area (Å²) in [4.78, 5) is 66.3. The monoisotopic (exact) mass is 1660 g/mol. The number of aliphatic hydroxyl groups excluding tert-OH is 9. The van der Waals surface area contributed by atoms with Crippen molar-refractivity contribution >= 4 is 31.7 Å². The minimum Gasteiger partial charge on any atom is -0.463 e. The Hall–Kier alpha value is -3.31. The predicted molar refractivity (Wildman–Crippen MR) is 444 cm³/mol. The van der Waals surface area contributed by atoms with Crippen LogP contribution in [-0.4, -0.2) is 205 Å². The number of allylic oxidation sites excluding steroid dienone is 6. The highest BCUT2D eigenvalue weighted by Gasteiger charge is 2.60. The van der Waals surface area contributed by atoms with Crippen molar-refractivity contribution < 1.29 is 122 Å². The van der Waals surface area contributed by atoms with E-state index in [1.54, 1.807) is 0 Å². The third kappa shape index (κ3) is 48.8. The number of phosphoric acid groups is 1. The summed E-state index contributed by atoms with van der Waals surface area (Å²) in [6.07, 6.45) is 28.7. The maximum absolute atomic E-state index is 14.9. The van der Waals surface area contributed by atoms with Gasteiger partial charge >= 0.3 is 31.7 Å². The first kappa shape index (κ1) is 106. The number of phosphoric ester groups is 1. The van der Waals surface area contributed by atoms with Crippen molar-refractivity contribution in [2.75, 3.05) is 26.4 Å². The lowest BCUT2D eigenvalue weighted by Gasteiger charge is -2.50. The molecular formula is C89H161O25P. The van der Waals surface area contributed by atoms with Crippen molar-refractivity contribution in [3.63, 3.8) is 0 Å². The molecule has 115 heavy (non-hydrogen) atoms. The molecule has 18 unspecified atom stereocenters. The number of aliphatic hydroxyl groups is 9. The SMILES string of the molecule is CCCCCC/C=C\CCCCCCCCCC(=O)OCC(COP(=O)(O)OC1C(OC2OC(CO)C(O)C(O)C2O)C(O)C(O)C(OC(=O)CCCCCCCCCCCCCCCCC)C1OC1OC(COC(=O)CCCCC/C=C\CCCCCCCC)C(O)C(O)C1O)OC(=O)CCCCC/C=C\CCCCCCCC. The van der Waals surface area contributed by atoms with Gasteiger partial charge in [0.25, 0.3) is 0 Å². The van der Waals surface area contributed by atoms with E-state index in [2.05, 4.69) is 64.2 Å². The minimum absolute atomic E-state index is 0.00731. The van der Waals surface area contributed by atoms with E-state index in [0.29, 0.717) is 44.9 Å². The first-order valence-electron chi connectivity index (χ1n) is 45.7. The van der Waals surface area contributed by atoms with Crippen molar-refractivity contribution in [1.29, 1.82) is 0 Å². The Morgan fingerprint density at radius 1 is 0.339 bits per heavy atom. The number of esters is 4. The van der Waals surface area contributed by atoms with E-state index >= 15 is 0 Å². The molecule has 0 aromatic rings. The largest absolute Gasteiger partial charge is 0.472 e. The number of rotatable bonds is 73. The molecule has 0 amide bonds. The van der Waals surface area contributed by atoms with Gasteiger partial charge in [0.1, 0.15) is 92.6 Å². The predicted octanol–water partition coefficient (Wildman–Crippen LogP) is 16.3. The normalized spacial score (nSPS) is 25.4. The minimum atomic E-state index is -5.81. The van der Waals surface area contributed by atoms with Crippen molar-refractivity contribution in [3.8, 4) is 0 Å². The van der Waals surface area contributed by atoms with E-state index in [1.807, 2.05) is 0 Å². The second-order valence-corrected chi connectivity index (χ2v) is 33.9. The Morgan fingerprint density at radius 2 is 0.652 bits per heavy atom. The third-order valence-corrected chi connectivity index (χ3v) is 23.1. The summed E-state index contributed by atoms with van der Waals surface area (Å²) in [6.45, 7) is 5.52. The molecular weight excluding hydrogens is 1500 g/mol. The fraction of sp³-hybridized carbons (Fsp3) is 0.888. The molecule has 3 fully saturated rings. The highest BCUT2D eigenvalue weighted by atomic mass is 31.2. The smallest absolute Gasteiger partial charge is 0.463 e. The van der Waals surface area contributed by atoms with Gasteiger partial charge in [0.05, 0.1) is 13.2 Å². The van der Waals surface area contributed by atoms with Gasteiger partial charge in [-0.1, -0.05) is 282 Å². The summed E-state index contributed by atoms with van der Waals surface area (Å²) in [5.74, 6) is -3.01. The number of unbranched alkanes of at least 4 members (excludes halogenated alkanes) is 43. The highest BCUT2D eigenvalue weighted by molar-refractivity contribution is 7.47. The lowest BCUT2D eigenvalue weighted by Crippen LogP contribution is -2.70. The van der Waals surface area contributed by atoms with Crippen LogP contribution in [0.1, 0.15) is 374 Å². The van der Waals surface area contributed by atoms with Crippen molar-refractivity contribution in [2.24, 2.45) is 0 Å². The lowest BCUT2D eigenvalue weighted by atomic mass is 9.84. The van der Waals surface area contributed by atoms with Gasteiger partial charge in [-0.2, -0.15) is 0 Å². The van der Waals surface area contributed by atoms with E-state index in [1.165, 1.54) is 141 Å². The van der Waals surface area contributed by atoms with Crippen LogP contribution in [0, 0.1) is 0 Å². The average Bonchev–Trinajstić information content (AvgIpc) is 0.755. The van der Waals surface area contributed by atoms with Crippen LogP contribution >= 0.6 is 7.82 Å². The van der Waals surface area contributed by atoms with Crippen LogP contribution in [0.5, 0.6) is 0 Å². The van der Waals surface area contributed by atoms with E-state index in [4.69, 9.17) is 46.9 Å². The molecule has 3 aliphatic rings. The van der Waals surface area contributed by atoms with Crippen LogP contribution in [0.3, 0.4) is 0 Å². The molecule has 18 atom stereocenters. The molecule has 25 nitrogen and oxygen atoms in total. The van der Waals surface area contributed by atoms with Gasteiger partial charge < -0.3 is 88.7 Å². The highest BCUT2D eigenvalue weighted by Crippen LogP contribution is 2.49. The van der Waals surface area contributed by atoms with Crippen LogP contribution < -0.4 is 0 Å². The third-order valence-electron chi connectivity index (χ3n) is 22.1. The van der Waals surface area contributed by atoms with E-state index in [0.717, 1.165) is 135 Å². The van der Waals surface area contributed by atoms with Crippen LogP contribution in [0.2, 0.25) is 0 Å². The molecule has 672 valence electrons. The average molecular weight is 1660 g/mol. The standard InChI is InChI=1S/C89H161O25P/c1-5-9-13-17-21-25-29-33-35-39-42-45-49-53-57-61-72(91)105-66-69(108-74(93)63-59-55-51-47-43-38-32-28-24-20-16-12-8-4)67-107-115(103,104)114-87-85(112-88-82(101)78(97)76(95)70(65-90)109-88)81(100)80(99)84(111-75(94)64-60-56-52-48-44-40-36-34-30-26-22-18-14-10-6-2)86(87)113-89-83(102)79(98)77(96)71(110-89)68-106-73(92)62-58-54-50-46-41-37-31-27-23-19-15-11-7-3/h25,29,37-38,41,43,69-71,76-90,95-102H,5-24,26-28,30-36,39-40,42,44-68H2,1-4H3,(H,103,104)/b29-25-,41-37-,43-38-. The zero-order chi connectivity index (χ0) is 84.0. The van der Waals surface area contributed by atoms with Gasteiger partial charge in [0.15, 0.2) is 24.8 Å². The molecule has 2 saturated heterocycles. The molecule has 2 heterocycles. The molecule has 26 heteroatoms. The Kier molecular flexibility index (Phi) is 62.8. The molecule has 0 aromatic heterocycles. The second kappa shape index (κ2) is 68.3. The molecule has 1 saturated carbocycles. The Labute approximate surface area is 691 Å². The van der Waals surface area contributed by atoms with E-state index < -0.39 is 162 Å². The molecule has 3 rings (SSSR count). The first-order chi connectivity index (χ1) is 55.7. The van der Waals surface area contributed by atoms with E-state index in [9.17, 15) is 74.6 Å². The fourth-order valence-electron chi connectivity index (χ4n) is 14.8. The summed E-state index contributed by atoms with van der Waals surface area (Å²) in [7, 11) is -5.81. The molecule has 1 aliphatic carbocycles. The second-order valence-electron chi connectivity index (χ2n) is 32.4. The molecule has 10 N–H and O–H groups in total. The number of hydrogen-bond acceptors (Lipinski definition) is 24. The number of carbonyl (C=O) groups excluding carboxylic acids is 4. The van der Waals surface area contributed by atoms with Crippen LogP contribution in [-0.2, 0) is 70.7 Å². The molecule has 0 radical (unpaired) electrons. The summed E-state index contributed by atoms with van der Waals surface area (Å²) in [6, 6.07) is 0. The molecule has 2 aliphatic heterocycles. The van der Waals surface area contributed by atoms with Crippen molar-refractivity contribution in [1.82, 2.24) is 0 Å². The summed E-state index contributed by atoms with van der Waals surface area (Å²) >= 11 is 0. The summed E-state index contributed by atoms with van der Waals surface area (Å²) < 4.78 is 73.3. The number of ether oxygens (including phenoxy) is 8. The Morgan fingerprint density at radius 3 is 1.05 bits per heavy atom. The molecule has 0 bridgehead atoms. The number of hydrogen-bond donors (Lipinski definition) is 10. The van der Waals surface area contributed by atoms with Crippen LogP contribution in [0.25, 0.3) is 0 Å². The van der Waals surface area contributed by atoms with Gasteiger partial charge in [-0.05, 0) is 103 Å². The van der Waals surface area contributed by atoms with Gasteiger partial charge in [0, 0.05) is 25.7 Å². The topological polar surface area (TPSA) is 380 Å². The van der Waals surface area contributed by atoms with Crippen molar-refractivity contribution in [3.05, 3.63) is 36.5 Å². The quantitative estimate of drug-likeness (QED) is 0.00889. The van der Waals surface area contributed by atoms with Crippen LogP contribution in [0.15, 0.2) is 36.5 Å². The fourth-order valence-corrected chi connectivity index (χ4v) is 15.7. The zero-order valence-corrected chi connectivity index (χ0v) is 72.2. The van der Waals surface area contributed by atoms with Crippen LogP contribution in [0.4, 0.5) is 0 Å². The Balaban J connectivity index is 1.94. The van der Waals surface area contributed by atoms with Gasteiger partial charge in [-0.15, -0.1) is 0 Å². The van der Waals surface area contributed by atoms with Crippen molar-refractivity contribution in [2.45, 2.75) is 479 Å². The summed E-state index contributed by atoms with van der Waals surface area (Å²) in [5, 5.41) is 102. The first-order valence-corrected chi connectivity index (χ1v) is 47.2. The summed E-state index contributed by atoms with van der Waals surface area (Å²) in [5.41, 5.74) is 0. The molecule has 0 aromatic carbocycles.